The van der Waals surface area contributed by atoms with Crippen LogP contribution in [0.4, 0.5) is 0 Å². The Hall–Kier alpha value is -1.49. The van der Waals surface area contributed by atoms with E-state index in [1.54, 1.807) is 13.8 Å². The minimum absolute atomic E-state index is 0.114. The molecule has 0 spiro atoms. The number of aryl methyl sites for hydroxylation is 1. The molecule has 0 fully saturated rings. The number of aliphatic carboxylic acids is 1. The highest BCUT2D eigenvalue weighted by Crippen LogP contribution is 2.23. The maximum Gasteiger partial charge on any atom is 0.319 e. The first kappa shape index (κ1) is 16.6. The summed E-state index contributed by atoms with van der Waals surface area (Å²) in [6.45, 7) is 3.81. The second-order valence-corrected chi connectivity index (χ2v) is 6.64. The molecule has 0 saturated carbocycles. The number of carboxylic acids is 1. The molecule has 1 amide bonds. The van der Waals surface area contributed by atoms with Gasteiger partial charge in [0.2, 0.25) is 5.91 Å². The molecule has 0 radical (unpaired) electrons. The Kier molecular flexibility index (Phi) is 6.58. The molecule has 1 aromatic rings. The summed E-state index contributed by atoms with van der Waals surface area (Å²) in [5, 5.41) is 11.8. The largest absolute Gasteiger partial charge is 0.480 e. The summed E-state index contributed by atoms with van der Waals surface area (Å²) in [6.07, 6.45) is 1.80. The first-order valence-corrected chi connectivity index (χ1v) is 7.58. The highest BCUT2D eigenvalue weighted by Gasteiger charge is 2.28. The van der Waals surface area contributed by atoms with Gasteiger partial charge in [0, 0.05) is 6.54 Å². The van der Waals surface area contributed by atoms with Gasteiger partial charge < -0.3 is 10.4 Å². The smallest absolute Gasteiger partial charge is 0.319 e. The van der Waals surface area contributed by atoms with E-state index in [0.717, 1.165) is 24.6 Å². The van der Waals surface area contributed by atoms with Crippen LogP contribution < -0.4 is 5.32 Å². The van der Waals surface area contributed by atoms with Crippen molar-refractivity contribution >= 4 is 23.6 Å². The summed E-state index contributed by atoms with van der Waals surface area (Å²) < 4.78 is -0.929. The van der Waals surface area contributed by atoms with Crippen LogP contribution in [0.3, 0.4) is 0 Å². The van der Waals surface area contributed by atoms with Crippen LogP contribution in [0.25, 0.3) is 0 Å². The number of hydrogen-bond acceptors (Lipinski definition) is 3. The first-order valence-electron chi connectivity index (χ1n) is 6.60. The summed E-state index contributed by atoms with van der Waals surface area (Å²) in [5.74, 6) is -0.846. The first-order chi connectivity index (χ1) is 9.42. The molecule has 0 atom stereocenters. The van der Waals surface area contributed by atoms with Crippen LogP contribution in [0.5, 0.6) is 0 Å². The fourth-order valence-electron chi connectivity index (χ4n) is 1.52. The molecule has 4 nitrogen and oxygen atoms in total. The maximum absolute atomic E-state index is 11.6. The van der Waals surface area contributed by atoms with Crippen molar-refractivity contribution in [1.29, 1.82) is 0 Å². The third-order valence-electron chi connectivity index (χ3n) is 2.89. The predicted molar refractivity (Wildman–Crippen MR) is 81.9 cm³/mol. The summed E-state index contributed by atoms with van der Waals surface area (Å²) in [6, 6.07) is 10.1. The van der Waals surface area contributed by atoms with E-state index in [-0.39, 0.29) is 11.7 Å². The Morgan fingerprint density at radius 1 is 1.25 bits per heavy atom. The van der Waals surface area contributed by atoms with Gasteiger partial charge in [-0.25, -0.2) is 0 Å². The number of rotatable bonds is 8. The van der Waals surface area contributed by atoms with Gasteiger partial charge >= 0.3 is 5.97 Å². The highest BCUT2D eigenvalue weighted by molar-refractivity contribution is 8.01. The quantitative estimate of drug-likeness (QED) is 0.722. The van der Waals surface area contributed by atoms with E-state index in [1.165, 1.54) is 5.56 Å². The number of amides is 1. The maximum atomic E-state index is 11.6. The molecule has 0 saturated heterocycles. The molecule has 0 bridgehead atoms. The Morgan fingerprint density at radius 2 is 1.90 bits per heavy atom. The van der Waals surface area contributed by atoms with Gasteiger partial charge in [0.1, 0.15) is 4.75 Å². The van der Waals surface area contributed by atoms with Gasteiger partial charge in [0.15, 0.2) is 0 Å². The molecule has 2 N–H and O–H groups in total. The minimum atomic E-state index is -0.929. The van der Waals surface area contributed by atoms with Crippen molar-refractivity contribution in [3.8, 4) is 0 Å². The molecular formula is C15H21NO3S. The van der Waals surface area contributed by atoms with Gasteiger partial charge in [-0.15, -0.1) is 11.8 Å². The molecule has 110 valence electrons. The molecule has 0 unspecified atom stereocenters. The van der Waals surface area contributed by atoms with Crippen LogP contribution in [-0.2, 0) is 16.0 Å². The van der Waals surface area contributed by atoms with Crippen LogP contribution in [0.15, 0.2) is 30.3 Å². The lowest BCUT2D eigenvalue weighted by Crippen LogP contribution is -2.32. The normalized spacial score (nSPS) is 11.1. The number of carbonyl (C=O) groups is 2. The Bertz CT molecular complexity index is 446. The Balaban J connectivity index is 2.16. The average Bonchev–Trinajstić information content (AvgIpc) is 2.42. The fraction of sp³-hybridized carbons (Fsp3) is 0.467. The molecule has 0 aliphatic heterocycles. The van der Waals surface area contributed by atoms with Crippen LogP contribution >= 0.6 is 11.8 Å². The lowest BCUT2D eigenvalue weighted by molar-refractivity contribution is -0.138. The SMILES string of the molecule is CC(C)(SCC(=O)NCCCc1ccccc1)C(=O)O. The van der Waals surface area contributed by atoms with Gasteiger partial charge in [-0.3, -0.25) is 9.59 Å². The Labute approximate surface area is 124 Å². The van der Waals surface area contributed by atoms with Crippen LogP contribution in [0, 0.1) is 0 Å². The minimum Gasteiger partial charge on any atom is -0.480 e. The predicted octanol–water partition coefficient (Wildman–Crippen LogP) is 2.33. The number of carbonyl (C=O) groups excluding carboxylic acids is 1. The summed E-state index contributed by atoms with van der Waals surface area (Å²) in [4.78, 5) is 22.5. The lowest BCUT2D eigenvalue weighted by Gasteiger charge is -2.17. The monoisotopic (exact) mass is 295 g/mol. The van der Waals surface area contributed by atoms with Crippen molar-refractivity contribution in [2.45, 2.75) is 31.4 Å². The lowest BCUT2D eigenvalue weighted by atomic mass is 10.1. The number of benzene rings is 1. The molecule has 0 aromatic heterocycles. The standard InChI is InChI=1S/C15H21NO3S/c1-15(2,14(18)19)20-11-13(17)16-10-6-9-12-7-4-3-5-8-12/h3-5,7-8H,6,9-11H2,1-2H3,(H,16,17)(H,18,19). The zero-order chi connectivity index (χ0) is 15.0. The van der Waals surface area contributed by atoms with Crippen molar-refractivity contribution in [2.24, 2.45) is 0 Å². The van der Waals surface area contributed by atoms with Crippen molar-refractivity contribution < 1.29 is 14.7 Å². The molecule has 0 heterocycles. The second-order valence-electron chi connectivity index (χ2n) is 5.04. The van der Waals surface area contributed by atoms with Crippen molar-refractivity contribution in [3.05, 3.63) is 35.9 Å². The van der Waals surface area contributed by atoms with E-state index < -0.39 is 10.7 Å². The zero-order valence-electron chi connectivity index (χ0n) is 11.9. The van der Waals surface area contributed by atoms with Crippen molar-refractivity contribution in [1.82, 2.24) is 5.32 Å². The van der Waals surface area contributed by atoms with E-state index in [1.807, 2.05) is 18.2 Å². The second kappa shape index (κ2) is 7.94. The van der Waals surface area contributed by atoms with E-state index in [4.69, 9.17) is 5.11 Å². The number of thioether (sulfide) groups is 1. The van der Waals surface area contributed by atoms with Crippen LogP contribution in [0.1, 0.15) is 25.8 Å². The molecule has 0 aliphatic rings. The van der Waals surface area contributed by atoms with E-state index in [2.05, 4.69) is 17.4 Å². The van der Waals surface area contributed by atoms with E-state index in [9.17, 15) is 9.59 Å². The molecule has 5 heteroatoms. The molecule has 0 aliphatic carbocycles. The van der Waals surface area contributed by atoms with E-state index >= 15 is 0 Å². The van der Waals surface area contributed by atoms with Crippen molar-refractivity contribution in [2.75, 3.05) is 12.3 Å². The molecular weight excluding hydrogens is 274 g/mol. The van der Waals surface area contributed by atoms with Gasteiger partial charge in [0.25, 0.3) is 0 Å². The van der Waals surface area contributed by atoms with E-state index in [0.29, 0.717) is 6.54 Å². The average molecular weight is 295 g/mol. The number of hydrogen-bond donors (Lipinski definition) is 2. The topological polar surface area (TPSA) is 66.4 Å². The van der Waals surface area contributed by atoms with Gasteiger partial charge in [-0.05, 0) is 32.3 Å². The third kappa shape index (κ3) is 6.10. The molecule has 20 heavy (non-hydrogen) atoms. The third-order valence-corrected chi connectivity index (χ3v) is 4.19. The van der Waals surface area contributed by atoms with Crippen LogP contribution in [-0.4, -0.2) is 34.0 Å². The highest BCUT2D eigenvalue weighted by atomic mass is 32.2. The van der Waals surface area contributed by atoms with Gasteiger partial charge in [-0.2, -0.15) is 0 Å². The van der Waals surface area contributed by atoms with Gasteiger partial charge in [0.05, 0.1) is 5.75 Å². The zero-order valence-corrected chi connectivity index (χ0v) is 12.7. The number of carboxylic acid groups (broad SMARTS) is 1. The molecule has 1 aromatic carbocycles. The fourth-order valence-corrected chi connectivity index (χ4v) is 2.24. The Morgan fingerprint density at radius 3 is 2.50 bits per heavy atom. The number of nitrogens with one attached hydrogen (secondary N) is 1. The van der Waals surface area contributed by atoms with Gasteiger partial charge in [-0.1, -0.05) is 30.3 Å². The van der Waals surface area contributed by atoms with Crippen molar-refractivity contribution in [3.63, 3.8) is 0 Å². The summed E-state index contributed by atoms with van der Waals surface area (Å²) >= 11 is 1.14. The van der Waals surface area contributed by atoms with Crippen LogP contribution in [0.2, 0.25) is 0 Å². The molecule has 1 rings (SSSR count). The summed E-state index contributed by atoms with van der Waals surface area (Å²) in [7, 11) is 0. The summed E-state index contributed by atoms with van der Waals surface area (Å²) in [5.41, 5.74) is 1.25.